The monoisotopic (exact) mass is 384 g/mol. The Balaban J connectivity index is 1.55. The highest BCUT2D eigenvalue weighted by Gasteiger charge is 2.47. The number of hydrogen-bond acceptors (Lipinski definition) is 4. The van der Waals surface area contributed by atoms with Crippen molar-refractivity contribution in [1.29, 1.82) is 0 Å². The molecule has 1 aromatic heterocycles. The van der Waals surface area contributed by atoms with Gasteiger partial charge in [0, 0.05) is 17.3 Å². The van der Waals surface area contributed by atoms with Crippen LogP contribution in [0.15, 0.2) is 73.1 Å². The molecule has 0 radical (unpaired) electrons. The van der Waals surface area contributed by atoms with Crippen LogP contribution in [-0.4, -0.2) is 34.2 Å². The molecule has 0 saturated carbocycles. The van der Waals surface area contributed by atoms with E-state index < -0.39 is 6.17 Å². The maximum absolute atomic E-state index is 13.3. The van der Waals surface area contributed by atoms with Gasteiger partial charge >= 0.3 is 0 Å². The minimum absolute atomic E-state index is 0.178. The first-order valence-electron chi connectivity index (χ1n) is 9.17. The zero-order valence-corrected chi connectivity index (χ0v) is 15.3. The Labute approximate surface area is 166 Å². The van der Waals surface area contributed by atoms with E-state index in [0.29, 0.717) is 22.5 Å². The van der Waals surface area contributed by atoms with E-state index in [-0.39, 0.29) is 24.3 Å². The molecule has 7 nitrogen and oxygen atoms in total. The van der Waals surface area contributed by atoms with Gasteiger partial charge in [-0.1, -0.05) is 30.3 Å². The number of aromatic nitrogens is 1. The molecule has 0 aliphatic carbocycles. The van der Waals surface area contributed by atoms with Gasteiger partial charge < -0.3 is 10.2 Å². The Morgan fingerprint density at radius 1 is 0.931 bits per heavy atom. The van der Waals surface area contributed by atoms with Crippen LogP contribution in [0.4, 0.5) is 11.4 Å². The van der Waals surface area contributed by atoms with Gasteiger partial charge in [0.2, 0.25) is 5.91 Å². The second-order valence-electron chi connectivity index (χ2n) is 6.88. The van der Waals surface area contributed by atoms with Crippen molar-refractivity contribution in [3.63, 3.8) is 0 Å². The second kappa shape index (κ2) is 6.56. The van der Waals surface area contributed by atoms with Crippen LogP contribution in [0.1, 0.15) is 32.4 Å². The zero-order valence-electron chi connectivity index (χ0n) is 15.3. The number of fused-ring (bicyclic) bond motifs is 5. The molecular weight excluding hydrogens is 368 g/mol. The van der Waals surface area contributed by atoms with E-state index in [1.807, 2.05) is 12.1 Å². The third-order valence-electron chi connectivity index (χ3n) is 5.14. The Hall–Kier alpha value is -4.00. The summed E-state index contributed by atoms with van der Waals surface area (Å²) in [6.45, 7) is -0.190. The van der Waals surface area contributed by atoms with Gasteiger partial charge in [-0.2, -0.15) is 0 Å². The number of nitrogens with zero attached hydrogens (tertiary/aromatic N) is 3. The van der Waals surface area contributed by atoms with Crippen molar-refractivity contribution in [2.45, 2.75) is 6.17 Å². The van der Waals surface area contributed by atoms with E-state index in [9.17, 15) is 14.4 Å². The fourth-order valence-electron chi connectivity index (χ4n) is 3.93. The molecule has 7 heteroatoms. The number of para-hydroxylation sites is 1. The van der Waals surface area contributed by atoms with Crippen molar-refractivity contribution in [3.05, 3.63) is 89.7 Å². The normalized spacial score (nSPS) is 16.9. The van der Waals surface area contributed by atoms with Crippen molar-refractivity contribution >= 4 is 29.1 Å². The maximum atomic E-state index is 13.3. The SMILES string of the molecule is O=C(CN1C(=O)c2ccccc2N2C(=O)c3ccccc3[C@H]12)Nc1cccnc1. The Morgan fingerprint density at radius 2 is 1.69 bits per heavy atom. The average molecular weight is 384 g/mol. The van der Waals surface area contributed by atoms with Crippen LogP contribution in [0, 0.1) is 0 Å². The van der Waals surface area contributed by atoms with E-state index in [0.717, 1.165) is 5.56 Å². The molecule has 2 aliphatic heterocycles. The molecule has 2 aliphatic rings. The van der Waals surface area contributed by atoms with Crippen LogP contribution < -0.4 is 10.2 Å². The first-order valence-corrected chi connectivity index (χ1v) is 9.17. The third-order valence-corrected chi connectivity index (χ3v) is 5.14. The number of nitrogens with one attached hydrogen (secondary N) is 1. The lowest BCUT2D eigenvalue weighted by molar-refractivity contribution is -0.117. The van der Waals surface area contributed by atoms with Crippen LogP contribution in [-0.2, 0) is 4.79 Å². The lowest BCUT2D eigenvalue weighted by Crippen LogP contribution is -2.50. The number of benzene rings is 2. The number of anilines is 2. The molecule has 0 spiro atoms. The smallest absolute Gasteiger partial charge is 0.260 e. The van der Waals surface area contributed by atoms with Crippen LogP contribution in [0.2, 0.25) is 0 Å². The summed E-state index contributed by atoms with van der Waals surface area (Å²) in [7, 11) is 0. The van der Waals surface area contributed by atoms with Gasteiger partial charge in [-0.3, -0.25) is 24.3 Å². The van der Waals surface area contributed by atoms with Crippen molar-refractivity contribution in [3.8, 4) is 0 Å². The molecule has 0 unspecified atom stereocenters. The highest BCUT2D eigenvalue weighted by Crippen LogP contribution is 2.44. The molecule has 1 atom stereocenters. The summed E-state index contributed by atoms with van der Waals surface area (Å²) >= 11 is 0. The number of carbonyl (C=O) groups is 3. The fraction of sp³-hybridized carbons (Fsp3) is 0.0909. The minimum Gasteiger partial charge on any atom is -0.323 e. The fourth-order valence-corrected chi connectivity index (χ4v) is 3.93. The highest BCUT2D eigenvalue weighted by atomic mass is 16.2. The van der Waals surface area contributed by atoms with E-state index in [1.54, 1.807) is 59.6 Å². The van der Waals surface area contributed by atoms with Crippen molar-refractivity contribution < 1.29 is 14.4 Å². The van der Waals surface area contributed by atoms with Crippen LogP contribution in [0.3, 0.4) is 0 Å². The van der Waals surface area contributed by atoms with Gasteiger partial charge in [0.1, 0.15) is 12.7 Å². The molecule has 3 heterocycles. The summed E-state index contributed by atoms with van der Waals surface area (Å²) in [4.78, 5) is 46.1. The summed E-state index contributed by atoms with van der Waals surface area (Å²) in [5.41, 5.74) is 2.77. The van der Waals surface area contributed by atoms with Crippen LogP contribution in [0.25, 0.3) is 0 Å². The standard InChI is InChI=1S/C22H16N4O3/c27-19(24-14-6-5-11-23-12-14)13-25-20-15-7-1-2-8-16(15)22(29)26(20)18-10-4-3-9-17(18)21(25)28/h1-12,20H,13H2,(H,24,27)/t20-/m1/s1. The number of hydrogen-bond donors (Lipinski definition) is 1. The topological polar surface area (TPSA) is 82.6 Å². The average Bonchev–Trinajstić information content (AvgIpc) is 3.05. The van der Waals surface area contributed by atoms with Gasteiger partial charge in [0.05, 0.1) is 23.1 Å². The Bertz CT molecular complexity index is 1150. The molecule has 1 N–H and O–H groups in total. The molecular formula is C22H16N4O3. The second-order valence-corrected chi connectivity index (χ2v) is 6.88. The predicted octanol–water partition coefficient (Wildman–Crippen LogP) is 2.84. The lowest BCUT2D eigenvalue weighted by atomic mass is 10.0. The minimum atomic E-state index is -0.652. The molecule has 3 aromatic rings. The summed E-state index contributed by atoms with van der Waals surface area (Å²) in [6.07, 6.45) is 2.49. The van der Waals surface area contributed by atoms with Crippen molar-refractivity contribution in [1.82, 2.24) is 9.88 Å². The molecule has 2 aromatic carbocycles. The van der Waals surface area contributed by atoms with Gasteiger partial charge in [-0.25, -0.2) is 0 Å². The number of carbonyl (C=O) groups excluding carboxylic acids is 3. The maximum Gasteiger partial charge on any atom is 0.260 e. The van der Waals surface area contributed by atoms with Crippen molar-refractivity contribution in [2.24, 2.45) is 0 Å². The molecule has 3 amide bonds. The lowest BCUT2D eigenvalue weighted by Gasteiger charge is -2.40. The molecule has 142 valence electrons. The van der Waals surface area contributed by atoms with Gasteiger partial charge in [0.25, 0.3) is 11.8 Å². The third kappa shape index (κ3) is 2.67. The van der Waals surface area contributed by atoms with Gasteiger partial charge in [0.15, 0.2) is 0 Å². The Morgan fingerprint density at radius 3 is 2.48 bits per heavy atom. The van der Waals surface area contributed by atoms with E-state index in [4.69, 9.17) is 0 Å². The molecule has 5 rings (SSSR count). The first-order chi connectivity index (χ1) is 14.1. The van der Waals surface area contributed by atoms with Crippen molar-refractivity contribution in [2.75, 3.05) is 16.8 Å². The summed E-state index contributed by atoms with van der Waals surface area (Å²) in [5.74, 6) is -0.821. The number of rotatable bonds is 3. The summed E-state index contributed by atoms with van der Waals surface area (Å²) in [5, 5.41) is 2.75. The number of amides is 3. The van der Waals surface area contributed by atoms with E-state index >= 15 is 0 Å². The first kappa shape index (κ1) is 17.1. The molecule has 0 bridgehead atoms. The molecule has 0 saturated heterocycles. The van der Waals surface area contributed by atoms with Gasteiger partial charge in [-0.15, -0.1) is 0 Å². The quantitative estimate of drug-likeness (QED) is 0.753. The molecule has 0 fully saturated rings. The molecule has 29 heavy (non-hydrogen) atoms. The Kier molecular flexibility index (Phi) is 3.87. The van der Waals surface area contributed by atoms with Crippen LogP contribution in [0.5, 0.6) is 0 Å². The largest absolute Gasteiger partial charge is 0.323 e. The predicted molar refractivity (Wildman–Crippen MR) is 106 cm³/mol. The van der Waals surface area contributed by atoms with E-state index in [1.165, 1.54) is 11.1 Å². The highest BCUT2D eigenvalue weighted by molar-refractivity contribution is 6.17. The zero-order chi connectivity index (χ0) is 20.0. The summed E-state index contributed by atoms with van der Waals surface area (Å²) in [6, 6.07) is 17.6. The van der Waals surface area contributed by atoms with Crippen LogP contribution >= 0.6 is 0 Å². The number of pyridine rings is 1. The summed E-state index contributed by atoms with van der Waals surface area (Å²) < 4.78 is 0. The van der Waals surface area contributed by atoms with Gasteiger partial charge in [-0.05, 0) is 30.3 Å². The van der Waals surface area contributed by atoms with E-state index in [2.05, 4.69) is 10.3 Å².